The zero-order valence-electron chi connectivity index (χ0n) is 9.08. The predicted octanol–water partition coefficient (Wildman–Crippen LogP) is 2.10. The van der Waals surface area contributed by atoms with E-state index in [1.54, 1.807) is 0 Å². The van der Waals surface area contributed by atoms with Crippen LogP contribution in [0.4, 0.5) is 10.1 Å². The summed E-state index contributed by atoms with van der Waals surface area (Å²) in [6.45, 7) is 0. The lowest BCUT2D eigenvalue weighted by molar-refractivity contribution is -0.385. The van der Waals surface area contributed by atoms with Gasteiger partial charge >= 0.3 is 0 Å². The highest BCUT2D eigenvalue weighted by molar-refractivity contribution is 6.17. The van der Waals surface area contributed by atoms with Gasteiger partial charge in [0.05, 0.1) is 22.9 Å². The van der Waals surface area contributed by atoms with Gasteiger partial charge in [0.25, 0.3) is 5.69 Å². The van der Waals surface area contributed by atoms with Gasteiger partial charge in [0.2, 0.25) is 0 Å². The summed E-state index contributed by atoms with van der Waals surface area (Å²) in [7, 11) is 0. The Bertz CT molecular complexity index is 587. The minimum absolute atomic E-state index is 0.105. The molecule has 1 aromatic heterocycles. The Morgan fingerprint density at radius 2 is 2.28 bits per heavy atom. The third-order valence-corrected chi connectivity index (χ3v) is 2.47. The number of non-ortho nitro benzene ring substituents is 1. The van der Waals surface area contributed by atoms with Crippen molar-refractivity contribution in [3.05, 3.63) is 46.0 Å². The standard InChI is InChI=1S/C10H8ClFN4O2/c11-4-3-7-6-15(14-13-7)10-2-1-8(16(17)18)5-9(10)12/h1-2,5-6H,3-4H2. The third-order valence-electron chi connectivity index (χ3n) is 2.28. The molecule has 18 heavy (non-hydrogen) atoms. The van der Waals surface area contributed by atoms with E-state index < -0.39 is 10.7 Å². The summed E-state index contributed by atoms with van der Waals surface area (Å²) in [6, 6.07) is 3.34. The normalized spacial score (nSPS) is 10.6. The van der Waals surface area contributed by atoms with Crippen LogP contribution in [0, 0.1) is 15.9 Å². The van der Waals surface area contributed by atoms with E-state index in [4.69, 9.17) is 11.6 Å². The van der Waals surface area contributed by atoms with Gasteiger partial charge in [-0.25, -0.2) is 9.07 Å². The van der Waals surface area contributed by atoms with Gasteiger partial charge in [0.1, 0.15) is 5.69 Å². The Labute approximate surface area is 106 Å². The number of aryl methyl sites for hydroxylation is 1. The number of nitro benzene ring substituents is 1. The minimum Gasteiger partial charge on any atom is -0.258 e. The lowest BCUT2D eigenvalue weighted by atomic mass is 10.2. The van der Waals surface area contributed by atoms with E-state index in [9.17, 15) is 14.5 Å². The average molecular weight is 271 g/mol. The fourth-order valence-electron chi connectivity index (χ4n) is 1.42. The molecule has 2 rings (SSSR count). The zero-order valence-corrected chi connectivity index (χ0v) is 9.84. The van der Waals surface area contributed by atoms with Crippen molar-refractivity contribution >= 4 is 17.3 Å². The second-order valence-electron chi connectivity index (χ2n) is 3.49. The van der Waals surface area contributed by atoms with E-state index in [0.717, 1.165) is 6.07 Å². The highest BCUT2D eigenvalue weighted by atomic mass is 35.5. The van der Waals surface area contributed by atoms with Crippen molar-refractivity contribution in [1.29, 1.82) is 0 Å². The van der Waals surface area contributed by atoms with Gasteiger partial charge in [-0.3, -0.25) is 10.1 Å². The number of hydrogen-bond donors (Lipinski definition) is 0. The molecule has 0 aliphatic carbocycles. The number of nitrogens with zero attached hydrogens (tertiary/aromatic N) is 4. The van der Waals surface area contributed by atoms with Crippen LogP contribution in [0.25, 0.3) is 5.69 Å². The van der Waals surface area contributed by atoms with Crippen molar-refractivity contribution in [2.24, 2.45) is 0 Å². The topological polar surface area (TPSA) is 73.8 Å². The largest absolute Gasteiger partial charge is 0.272 e. The number of halogens is 2. The Morgan fingerprint density at radius 3 is 2.89 bits per heavy atom. The fraction of sp³-hybridized carbons (Fsp3) is 0.200. The molecule has 94 valence electrons. The van der Waals surface area contributed by atoms with Crippen LogP contribution in [0.1, 0.15) is 5.69 Å². The first-order valence-corrected chi connectivity index (χ1v) is 5.57. The van der Waals surface area contributed by atoms with Gasteiger partial charge in [-0.15, -0.1) is 16.7 Å². The minimum atomic E-state index is -0.730. The van der Waals surface area contributed by atoms with Gasteiger partial charge in [0.15, 0.2) is 5.82 Å². The van der Waals surface area contributed by atoms with Crippen LogP contribution in [0.2, 0.25) is 0 Å². The molecule has 0 unspecified atom stereocenters. The molecule has 0 N–H and O–H groups in total. The molecule has 0 saturated carbocycles. The van der Waals surface area contributed by atoms with Crippen LogP contribution >= 0.6 is 11.6 Å². The van der Waals surface area contributed by atoms with E-state index in [2.05, 4.69) is 10.3 Å². The number of aromatic nitrogens is 3. The maximum atomic E-state index is 13.7. The first-order chi connectivity index (χ1) is 8.61. The van der Waals surface area contributed by atoms with Crippen molar-refractivity contribution in [3.63, 3.8) is 0 Å². The van der Waals surface area contributed by atoms with Crippen molar-refractivity contribution in [2.75, 3.05) is 5.88 Å². The Morgan fingerprint density at radius 1 is 1.50 bits per heavy atom. The molecule has 0 aliphatic heterocycles. The molecule has 0 saturated heterocycles. The predicted molar refractivity (Wildman–Crippen MR) is 62.4 cm³/mol. The van der Waals surface area contributed by atoms with Crippen molar-refractivity contribution < 1.29 is 9.31 Å². The molecule has 0 amide bonds. The molecule has 0 atom stereocenters. The molecule has 0 bridgehead atoms. The summed E-state index contributed by atoms with van der Waals surface area (Å²) in [4.78, 5) is 9.82. The van der Waals surface area contributed by atoms with E-state index in [1.165, 1.54) is 23.0 Å². The quantitative estimate of drug-likeness (QED) is 0.484. The Hall–Kier alpha value is -2.02. The van der Waals surface area contributed by atoms with Gasteiger partial charge in [0, 0.05) is 18.4 Å². The number of alkyl halides is 1. The second kappa shape index (κ2) is 5.09. The van der Waals surface area contributed by atoms with Gasteiger partial charge in [-0.05, 0) is 6.07 Å². The highest BCUT2D eigenvalue weighted by Gasteiger charge is 2.13. The monoisotopic (exact) mass is 270 g/mol. The van der Waals surface area contributed by atoms with Crippen LogP contribution in [-0.4, -0.2) is 25.8 Å². The molecule has 2 aromatic rings. The summed E-state index contributed by atoms with van der Waals surface area (Å²) >= 11 is 5.55. The van der Waals surface area contributed by atoms with Crippen molar-refractivity contribution in [1.82, 2.24) is 15.0 Å². The fourth-order valence-corrected chi connectivity index (χ4v) is 1.62. The lowest BCUT2D eigenvalue weighted by Gasteiger charge is -2.01. The third kappa shape index (κ3) is 2.45. The van der Waals surface area contributed by atoms with Crippen LogP contribution in [-0.2, 0) is 6.42 Å². The number of hydrogen-bond acceptors (Lipinski definition) is 4. The van der Waals surface area contributed by atoms with Crippen LogP contribution in [0.15, 0.2) is 24.4 Å². The van der Waals surface area contributed by atoms with Crippen LogP contribution in [0.5, 0.6) is 0 Å². The molecule has 0 fully saturated rings. The SMILES string of the molecule is O=[N+]([O-])c1ccc(-n2cc(CCCl)nn2)c(F)c1. The molecule has 8 heteroatoms. The van der Waals surface area contributed by atoms with E-state index in [1.807, 2.05) is 0 Å². The summed E-state index contributed by atoms with van der Waals surface area (Å²) in [6.07, 6.45) is 2.06. The Balaban J connectivity index is 2.35. The summed E-state index contributed by atoms with van der Waals surface area (Å²) in [5.74, 6) is -0.340. The van der Waals surface area contributed by atoms with Crippen LogP contribution in [0.3, 0.4) is 0 Å². The number of rotatable bonds is 4. The summed E-state index contributed by atoms with van der Waals surface area (Å²) in [5, 5.41) is 18.0. The molecule has 0 radical (unpaired) electrons. The average Bonchev–Trinajstić information content (AvgIpc) is 2.77. The first-order valence-electron chi connectivity index (χ1n) is 5.03. The van der Waals surface area contributed by atoms with E-state index in [0.29, 0.717) is 18.0 Å². The lowest BCUT2D eigenvalue weighted by Crippen LogP contribution is -1.99. The molecule has 1 heterocycles. The number of nitro groups is 1. The van der Waals surface area contributed by atoms with Crippen molar-refractivity contribution in [2.45, 2.75) is 6.42 Å². The maximum absolute atomic E-state index is 13.7. The van der Waals surface area contributed by atoms with Gasteiger partial charge in [-0.1, -0.05) is 5.21 Å². The Kier molecular flexibility index (Phi) is 3.52. The summed E-state index contributed by atoms with van der Waals surface area (Å²) < 4.78 is 14.9. The smallest absolute Gasteiger partial charge is 0.258 e. The van der Waals surface area contributed by atoms with E-state index in [-0.39, 0.29) is 11.4 Å². The molecular weight excluding hydrogens is 263 g/mol. The zero-order chi connectivity index (χ0) is 13.1. The highest BCUT2D eigenvalue weighted by Crippen LogP contribution is 2.19. The van der Waals surface area contributed by atoms with Gasteiger partial charge < -0.3 is 0 Å². The molecule has 6 nitrogen and oxygen atoms in total. The molecule has 1 aromatic carbocycles. The first kappa shape index (κ1) is 12.4. The molecule has 0 aliphatic rings. The van der Waals surface area contributed by atoms with Crippen molar-refractivity contribution in [3.8, 4) is 5.69 Å². The summed E-state index contributed by atoms with van der Waals surface area (Å²) in [5.41, 5.74) is 0.425. The number of benzene rings is 1. The van der Waals surface area contributed by atoms with E-state index >= 15 is 0 Å². The molecule has 0 spiro atoms. The second-order valence-corrected chi connectivity index (χ2v) is 3.86. The van der Waals surface area contributed by atoms with Gasteiger partial charge in [-0.2, -0.15) is 0 Å². The van der Waals surface area contributed by atoms with Crippen LogP contribution < -0.4 is 0 Å². The molecular formula is C10H8ClFN4O2. The maximum Gasteiger partial charge on any atom is 0.272 e.